The third-order valence-corrected chi connectivity index (χ3v) is 3.62. The molecule has 0 aliphatic heterocycles. The molecule has 1 atom stereocenters. The van der Waals surface area contributed by atoms with Crippen LogP contribution >= 0.6 is 0 Å². The quantitative estimate of drug-likeness (QED) is 0.883. The molecule has 0 saturated heterocycles. The van der Waals surface area contributed by atoms with E-state index in [0.717, 1.165) is 5.56 Å². The van der Waals surface area contributed by atoms with Crippen molar-refractivity contribution < 1.29 is 4.39 Å². The number of anilines is 1. The summed E-state index contributed by atoms with van der Waals surface area (Å²) in [5.74, 6) is -0.152. The Balaban J connectivity index is 3.15. The van der Waals surface area contributed by atoms with Crippen LogP contribution in [0.2, 0.25) is 0 Å². The number of hydrogen-bond donors (Lipinski definition) is 1. The third-order valence-electron chi connectivity index (χ3n) is 3.62. The SMILES string of the molecule is CNCc1cccc(F)c1N(C)C(C)C(C)(C)C. The zero-order chi connectivity index (χ0) is 13.9. The highest BCUT2D eigenvalue weighted by Gasteiger charge is 2.26. The van der Waals surface area contributed by atoms with E-state index in [-0.39, 0.29) is 17.3 Å². The molecule has 0 spiro atoms. The van der Waals surface area contributed by atoms with Crippen LogP contribution in [-0.4, -0.2) is 20.1 Å². The van der Waals surface area contributed by atoms with Crippen molar-refractivity contribution in [1.82, 2.24) is 5.32 Å². The molecule has 0 heterocycles. The molecule has 18 heavy (non-hydrogen) atoms. The molecular formula is C15H25FN2. The maximum atomic E-state index is 14.1. The van der Waals surface area contributed by atoms with Crippen LogP contribution < -0.4 is 10.2 Å². The summed E-state index contributed by atoms with van der Waals surface area (Å²) in [7, 11) is 3.84. The summed E-state index contributed by atoms with van der Waals surface area (Å²) in [6, 6.07) is 5.52. The Morgan fingerprint density at radius 2 is 1.94 bits per heavy atom. The second-order valence-corrected chi connectivity index (χ2v) is 5.93. The fourth-order valence-corrected chi connectivity index (χ4v) is 2.06. The number of hydrogen-bond acceptors (Lipinski definition) is 2. The van der Waals surface area contributed by atoms with Gasteiger partial charge in [0.1, 0.15) is 5.82 Å². The normalized spacial score (nSPS) is 13.5. The van der Waals surface area contributed by atoms with Gasteiger partial charge < -0.3 is 10.2 Å². The maximum absolute atomic E-state index is 14.1. The van der Waals surface area contributed by atoms with Gasteiger partial charge in [-0.25, -0.2) is 4.39 Å². The van der Waals surface area contributed by atoms with E-state index in [2.05, 4.69) is 33.0 Å². The number of para-hydroxylation sites is 1. The first kappa shape index (κ1) is 15.0. The monoisotopic (exact) mass is 252 g/mol. The molecule has 2 nitrogen and oxygen atoms in total. The van der Waals surface area contributed by atoms with Gasteiger partial charge in [-0.05, 0) is 31.0 Å². The van der Waals surface area contributed by atoms with Gasteiger partial charge in [0, 0.05) is 19.6 Å². The van der Waals surface area contributed by atoms with Crippen molar-refractivity contribution >= 4 is 5.69 Å². The van der Waals surface area contributed by atoms with Crippen LogP contribution in [0.25, 0.3) is 0 Å². The zero-order valence-corrected chi connectivity index (χ0v) is 12.3. The lowest BCUT2D eigenvalue weighted by Gasteiger charge is -2.38. The number of benzene rings is 1. The molecule has 1 aromatic rings. The summed E-state index contributed by atoms with van der Waals surface area (Å²) in [6.07, 6.45) is 0. The molecule has 3 heteroatoms. The number of rotatable bonds is 4. The van der Waals surface area contributed by atoms with E-state index in [1.165, 1.54) is 6.07 Å². The van der Waals surface area contributed by atoms with Gasteiger partial charge in [0.25, 0.3) is 0 Å². The predicted molar refractivity (Wildman–Crippen MR) is 76.5 cm³/mol. The Labute approximate surface area is 110 Å². The van der Waals surface area contributed by atoms with E-state index >= 15 is 0 Å². The maximum Gasteiger partial charge on any atom is 0.146 e. The van der Waals surface area contributed by atoms with Crippen LogP contribution in [0.3, 0.4) is 0 Å². The largest absolute Gasteiger partial charge is 0.369 e. The van der Waals surface area contributed by atoms with Crippen molar-refractivity contribution in [3.8, 4) is 0 Å². The van der Waals surface area contributed by atoms with E-state index in [9.17, 15) is 4.39 Å². The van der Waals surface area contributed by atoms with Gasteiger partial charge in [-0.15, -0.1) is 0 Å². The summed E-state index contributed by atoms with van der Waals surface area (Å²) < 4.78 is 14.1. The van der Waals surface area contributed by atoms with E-state index in [1.807, 2.05) is 25.1 Å². The Bertz CT molecular complexity index is 396. The standard InChI is InChI=1S/C15H25FN2/c1-11(15(2,3)4)18(6)14-12(10-17-5)8-7-9-13(14)16/h7-9,11,17H,10H2,1-6H3. The fraction of sp³-hybridized carbons (Fsp3) is 0.600. The average molecular weight is 252 g/mol. The molecule has 0 aliphatic carbocycles. The van der Waals surface area contributed by atoms with E-state index in [4.69, 9.17) is 0 Å². The van der Waals surface area contributed by atoms with Crippen molar-refractivity contribution in [2.24, 2.45) is 5.41 Å². The molecule has 0 saturated carbocycles. The summed E-state index contributed by atoms with van der Waals surface area (Å²) >= 11 is 0. The number of nitrogens with one attached hydrogen (secondary N) is 1. The second kappa shape index (κ2) is 5.70. The van der Waals surface area contributed by atoms with Crippen molar-refractivity contribution in [1.29, 1.82) is 0 Å². The Morgan fingerprint density at radius 3 is 2.44 bits per heavy atom. The van der Waals surface area contributed by atoms with E-state index in [0.29, 0.717) is 12.2 Å². The lowest BCUT2D eigenvalue weighted by atomic mass is 9.86. The van der Waals surface area contributed by atoms with Crippen molar-refractivity contribution in [3.05, 3.63) is 29.6 Å². The smallest absolute Gasteiger partial charge is 0.146 e. The molecule has 1 aromatic carbocycles. The molecule has 0 radical (unpaired) electrons. The Morgan fingerprint density at radius 1 is 1.33 bits per heavy atom. The van der Waals surface area contributed by atoms with Crippen LogP contribution in [0.5, 0.6) is 0 Å². The molecule has 0 bridgehead atoms. The van der Waals surface area contributed by atoms with Gasteiger partial charge in [-0.3, -0.25) is 0 Å². The highest BCUT2D eigenvalue weighted by molar-refractivity contribution is 5.55. The predicted octanol–water partition coefficient (Wildman–Crippen LogP) is 3.42. The minimum absolute atomic E-state index is 0.105. The average Bonchev–Trinajstić information content (AvgIpc) is 2.26. The molecule has 102 valence electrons. The van der Waals surface area contributed by atoms with Gasteiger partial charge in [0.05, 0.1) is 5.69 Å². The second-order valence-electron chi connectivity index (χ2n) is 5.93. The molecule has 1 N–H and O–H groups in total. The lowest BCUT2D eigenvalue weighted by molar-refractivity contribution is 0.328. The third kappa shape index (κ3) is 3.22. The fourth-order valence-electron chi connectivity index (χ4n) is 2.06. The Hall–Kier alpha value is -1.09. The van der Waals surface area contributed by atoms with E-state index in [1.54, 1.807) is 6.07 Å². The van der Waals surface area contributed by atoms with Crippen LogP contribution in [0.4, 0.5) is 10.1 Å². The van der Waals surface area contributed by atoms with Gasteiger partial charge in [-0.1, -0.05) is 32.9 Å². The Kier molecular flexibility index (Phi) is 4.74. The highest BCUT2D eigenvalue weighted by atomic mass is 19.1. The molecule has 0 aromatic heterocycles. The summed E-state index contributed by atoms with van der Waals surface area (Å²) in [6.45, 7) is 9.33. The topological polar surface area (TPSA) is 15.3 Å². The minimum Gasteiger partial charge on any atom is -0.369 e. The molecule has 1 unspecified atom stereocenters. The molecular weight excluding hydrogens is 227 g/mol. The van der Waals surface area contributed by atoms with Gasteiger partial charge in [0.15, 0.2) is 0 Å². The summed E-state index contributed by atoms with van der Waals surface area (Å²) in [5.41, 5.74) is 1.80. The molecule has 0 fully saturated rings. The number of nitrogens with zero attached hydrogens (tertiary/aromatic N) is 1. The van der Waals surface area contributed by atoms with Gasteiger partial charge in [-0.2, -0.15) is 0 Å². The summed E-state index contributed by atoms with van der Waals surface area (Å²) in [5, 5.41) is 3.09. The first-order valence-electron chi connectivity index (χ1n) is 6.44. The molecule has 0 aliphatic rings. The van der Waals surface area contributed by atoms with Crippen molar-refractivity contribution in [2.75, 3.05) is 19.0 Å². The first-order valence-corrected chi connectivity index (χ1v) is 6.44. The van der Waals surface area contributed by atoms with Crippen LogP contribution in [0.1, 0.15) is 33.3 Å². The van der Waals surface area contributed by atoms with Crippen molar-refractivity contribution in [2.45, 2.75) is 40.3 Å². The lowest BCUT2D eigenvalue weighted by Crippen LogP contribution is -2.40. The van der Waals surface area contributed by atoms with Crippen LogP contribution in [0.15, 0.2) is 18.2 Å². The van der Waals surface area contributed by atoms with Gasteiger partial charge >= 0.3 is 0 Å². The summed E-state index contributed by atoms with van der Waals surface area (Å²) in [4.78, 5) is 2.04. The molecule has 0 amide bonds. The van der Waals surface area contributed by atoms with E-state index < -0.39 is 0 Å². The molecule has 1 rings (SSSR count). The zero-order valence-electron chi connectivity index (χ0n) is 12.3. The van der Waals surface area contributed by atoms with Crippen LogP contribution in [-0.2, 0) is 6.54 Å². The first-order chi connectivity index (χ1) is 8.29. The van der Waals surface area contributed by atoms with Gasteiger partial charge in [0.2, 0.25) is 0 Å². The minimum atomic E-state index is -0.152. The highest BCUT2D eigenvalue weighted by Crippen LogP contribution is 2.31. The number of halogens is 1. The van der Waals surface area contributed by atoms with Crippen LogP contribution in [0, 0.1) is 11.2 Å². The van der Waals surface area contributed by atoms with Crippen molar-refractivity contribution in [3.63, 3.8) is 0 Å².